The average molecular weight is 532 g/mol. The molecule has 1 unspecified atom stereocenters. The smallest absolute Gasteiger partial charge is 0.244 e. The van der Waals surface area contributed by atoms with E-state index < -0.39 is 28.5 Å². The van der Waals surface area contributed by atoms with Gasteiger partial charge in [0.2, 0.25) is 21.8 Å². The minimum absolute atomic E-state index is 0.102. The summed E-state index contributed by atoms with van der Waals surface area (Å²) < 4.78 is 37.1. The fourth-order valence-corrected chi connectivity index (χ4v) is 5.30. The molecule has 1 fully saturated rings. The van der Waals surface area contributed by atoms with Crippen LogP contribution in [0, 0.1) is 6.92 Å². The monoisotopic (exact) mass is 531 g/mol. The molecule has 0 spiro atoms. The van der Waals surface area contributed by atoms with Crippen LogP contribution in [0.1, 0.15) is 43.7 Å². The first kappa shape index (κ1) is 28.3. The third kappa shape index (κ3) is 7.38. The summed E-state index contributed by atoms with van der Waals surface area (Å²) in [6.45, 7) is 3.35. The van der Waals surface area contributed by atoms with Crippen molar-refractivity contribution in [2.75, 3.05) is 31.3 Å². The molecule has 0 radical (unpaired) electrons. The summed E-state index contributed by atoms with van der Waals surface area (Å²) in [5.41, 5.74) is 2.17. The maximum absolute atomic E-state index is 13.7. The van der Waals surface area contributed by atoms with Crippen molar-refractivity contribution < 1.29 is 27.5 Å². The SMILES string of the molecule is COc1ccc(N(CC(=O)N(Cc2ccc(C)cc2)C(C)C(=O)NC2CCCC2)S(C)(=O)=O)cc1OC. The summed E-state index contributed by atoms with van der Waals surface area (Å²) in [7, 11) is -0.913. The second-order valence-electron chi connectivity index (χ2n) is 9.48. The number of carbonyl (C=O) groups excluding carboxylic acids is 2. The van der Waals surface area contributed by atoms with E-state index in [1.54, 1.807) is 19.1 Å². The van der Waals surface area contributed by atoms with E-state index in [0.717, 1.165) is 47.4 Å². The minimum Gasteiger partial charge on any atom is -0.493 e. The fraction of sp³-hybridized carbons (Fsp3) is 0.481. The molecule has 1 aliphatic carbocycles. The molecule has 2 amide bonds. The Bertz CT molecular complexity index is 1190. The van der Waals surface area contributed by atoms with Crippen LogP contribution in [0.5, 0.6) is 11.5 Å². The van der Waals surface area contributed by atoms with Crippen LogP contribution in [0.3, 0.4) is 0 Å². The lowest BCUT2D eigenvalue weighted by molar-refractivity contribution is -0.139. The molecule has 1 N–H and O–H groups in total. The van der Waals surface area contributed by atoms with Crippen molar-refractivity contribution in [3.63, 3.8) is 0 Å². The Labute approximate surface area is 219 Å². The molecular formula is C27H37N3O6S. The predicted molar refractivity (Wildman–Crippen MR) is 143 cm³/mol. The number of sulfonamides is 1. The van der Waals surface area contributed by atoms with Crippen molar-refractivity contribution in [1.29, 1.82) is 0 Å². The van der Waals surface area contributed by atoms with Crippen LogP contribution in [0.4, 0.5) is 5.69 Å². The van der Waals surface area contributed by atoms with E-state index in [0.29, 0.717) is 11.5 Å². The van der Waals surface area contributed by atoms with Crippen molar-refractivity contribution in [1.82, 2.24) is 10.2 Å². The number of ether oxygens (including phenoxy) is 2. The Morgan fingerprint density at radius 2 is 1.65 bits per heavy atom. The van der Waals surface area contributed by atoms with E-state index in [1.807, 2.05) is 31.2 Å². The first-order valence-electron chi connectivity index (χ1n) is 12.4. The van der Waals surface area contributed by atoms with E-state index >= 15 is 0 Å². The van der Waals surface area contributed by atoms with Gasteiger partial charge in [0.25, 0.3) is 0 Å². The lowest BCUT2D eigenvalue weighted by Crippen LogP contribution is -2.52. The van der Waals surface area contributed by atoms with Gasteiger partial charge in [-0.05, 0) is 44.4 Å². The fourth-order valence-electron chi connectivity index (χ4n) is 4.46. The largest absolute Gasteiger partial charge is 0.493 e. The molecule has 0 bridgehead atoms. The van der Waals surface area contributed by atoms with Crippen LogP contribution in [0.2, 0.25) is 0 Å². The molecule has 2 aromatic carbocycles. The van der Waals surface area contributed by atoms with Crippen LogP contribution >= 0.6 is 0 Å². The van der Waals surface area contributed by atoms with E-state index in [9.17, 15) is 18.0 Å². The number of nitrogens with zero attached hydrogens (tertiary/aromatic N) is 2. The summed E-state index contributed by atoms with van der Waals surface area (Å²) in [4.78, 5) is 28.3. The van der Waals surface area contributed by atoms with Gasteiger partial charge in [-0.25, -0.2) is 8.42 Å². The van der Waals surface area contributed by atoms with Gasteiger partial charge in [-0.3, -0.25) is 13.9 Å². The van der Waals surface area contributed by atoms with Gasteiger partial charge in [0.05, 0.1) is 26.2 Å². The van der Waals surface area contributed by atoms with E-state index in [2.05, 4.69) is 5.32 Å². The quantitative estimate of drug-likeness (QED) is 0.477. The molecule has 0 saturated heterocycles. The summed E-state index contributed by atoms with van der Waals surface area (Å²) in [6, 6.07) is 11.6. The maximum atomic E-state index is 13.7. The van der Waals surface area contributed by atoms with Gasteiger partial charge in [0, 0.05) is 18.7 Å². The standard InChI is InChI=1S/C27H37N3O6S/c1-19-10-12-21(13-11-19)17-29(20(2)27(32)28-22-8-6-7-9-22)26(31)18-30(37(5,33)34)23-14-15-24(35-3)25(16-23)36-4/h10-16,20,22H,6-9,17-18H2,1-5H3,(H,28,32). The Balaban J connectivity index is 1.90. The number of methoxy groups -OCH3 is 2. The Morgan fingerprint density at radius 3 is 2.22 bits per heavy atom. The van der Waals surface area contributed by atoms with Crippen molar-refractivity contribution >= 4 is 27.5 Å². The van der Waals surface area contributed by atoms with E-state index in [4.69, 9.17) is 9.47 Å². The molecule has 1 saturated carbocycles. The number of benzene rings is 2. The van der Waals surface area contributed by atoms with Crippen LogP contribution in [0.25, 0.3) is 0 Å². The van der Waals surface area contributed by atoms with Gasteiger partial charge in [0.15, 0.2) is 11.5 Å². The van der Waals surface area contributed by atoms with Crippen molar-refractivity contribution in [2.45, 2.75) is 58.2 Å². The molecule has 10 heteroatoms. The highest BCUT2D eigenvalue weighted by Crippen LogP contribution is 2.32. The number of hydrogen-bond acceptors (Lipinski definition) is 6. The molecule has 37 heavy (non-hydrogen) atoms. The molecule has 0 heterocycles. The third-order valence-electron chi connectivity index (χ3n) is 6.68. The molecule has 3 rings (SSSR count). The van der Waals surface area contributed by atoms with E-state index in [-0.39, 0.29) is 24.2 Å². The number of anilines is 1. The van der Waals surface area contributed by atoms with Crippen LogP contribution in [-0.2, 0) is 26.2 Å². The molecule has 1 aliphatic rings. The predicted octanol–water partition coefficient (Wildman–Crippen LogP) is 3.25. The highest BCUT2D eigenvalue weighted by Gasteiger charge is 2.31. The van der Waals surface area contributed by atoms with Crippen molar-refractivity contribution in [3.8, 4) is 11.5 Å². The Morgan fingerprint density at radius 1 is 1.03 bits per heavy atom. The maximum Gasteiger partial charge on any atom is 0.244 e. The summed E-state index contributed by atoms with van der Waals surface area (Å²) in [6.07, 6.45) is 5.02. The highest BCUT2D eigenvalue weighted by molar-refractivity contribution is 7.92. The second-order valence-corrected chi connectivity index (χ2v) is 11.4. The normalized spacial score (nSPS) is 14.6. The second kappa shape index (κ2) is 12.3. The number of carbonyl (C=O) groups is 2. The van der Waals surface area contributed by atoms with Crippen LogP contribution < -0.4 is 19.1 Å². The Hall–Kier alpha value is -3.27. The van der Waals surface area contributed by atoms with E-state index in [1.165, 1.54) is 25.2 Å². The van der Waals surface area contributed by atoms with Gasteiger partial charge in [0.1, 0.15) is 12.6 Å². The lowest BCUT2D eigenvalue weighted by atomic mass is 10.1. The topological polar surface area (TPSA) is 105 Å². The third-order valence-corrected chi connectivity index (χ3v) is 7.82. The highest BCUT2D eigenvalue weighted by atomic mass is 32.2. The molecule has 2 aromatic rings. The number of rotatable bonds is 11. The number of nitrogens with one attached hydrogen (secondary N) is 1. The molecule has 1 atom stereocenters. The van der Waals surface area contributed by atoms with Gasteiger partial charge < -0.3 is 19.7 Å². The first-order valence-corrected chi connectivity index (χ1v) is 14.2. The van der Waals surface area contributed by atoms with Gasteiger partial charge >= 0.3 is 0 Å². The Kier molecular flexibility index (Phi) is 9.42. The zero-order valence-electron chi connectivity index (χ0n) is 22.2. The lowest BCUT2D eigenvalue weighted by Gasteiger charge is -2.32. The average Bonchev–Trinajstić information content (AvgIpc) is 3.38. The summed E-state index contributed by atoms with van der Waals surface area (Å²) >= 11 is 0. The van der Waals surface area contributed by atoms with Gasteiger partial charge in [-0.2, -0.15) is 0 Å². The van der Waals surface area contributed by atoms with Crippen LogP contribution in [0.15, 0.2) is 42.5 Å². The number of amides is 2. The van der Waals surface area contributed by atoms with Gasteiger partial charge in [-0.15, -0.1) is 0 Å². The zero-order chi connectivity index (χ0) is 27.2. The van der Waals surface area contributed by atoms with Gasteiger partial charge in [-0.1, -0.05) is 42.7 Å². The summed E-state index contributed by atoms with van der Waals surface area (Å²) in [5, 5.41) is 3.06. The minimum atomic E-state index is -3.85. The molecule has 202 valence electrons. The van der Waals surface area contributed by atoms with Crippen molar-refractivity contribution in [3.05, 3.63) is 53.6 Å². The molecule has 9 nitrogen and oxygen atoms in total. The van der Waals surface area contributed by atoms with Crippen molar-refractivity contribution in [2.24, 2.45) is 0 Å². The first-order chi connectivity index (χ1) is 17.5. The zero-order valence-corrected chi connectivity index (χ0v) is 23.0. The van der Waals surface area contributed by atoms with Crippen LogP contribution in [-0.4, -0.2) is 64.2 Å². The number of hydrogen-bond donors (Lipinski definition) is 1. The molecular weight excluding hydrogens is 494 g/mol. The number of aryl methyl sites for hydroxylation is 1. The summed E-state index contributed by atoms with van der Waals surface area (Å²) in [5.74, 6) is 0.0328. The molecule has 0 aromatic heterocycles. The molecule has 0 aliphatic heterocycles.